The Hall–Kier alpha value is -3.89. The van der Waals surface area contributed by atoms with E-state index in [0.717, 1.165) is 22.6 Å². The van der Waals surface area contributed by atoms with Crippen molar-refractivity contribution in [2.75, 3.05) is 26.3 Å². The van der Waals surface area contributed by atoms with Gasteiger partial charge < -0.3 is 14.4 Å². The van der Waals surface area contributed by atoms with Gasteiger partial charge in [-0.3, -0.25) is 4.79 Å². The number of nitrogens with zero attached hydrogens (tertiary/aromatic N) is 4. The number of nitriles is 1. The lowest BCUT2D eigenvalue weighted by Crippen LogP contribution is -2.41. The van der Waals surface area contributed by atoms with Gasteiger partial charge in [-0.1, -0.05) is 18.2 Å². The van der Waals surface area contributed by atoms with Crippen LogP contribution in [0, 0.1) is 18.3 Å². The molecule has 0 unspecified atom stereocenters. The number of hydrogen-bond donors (Lipinski definition) is 0. The highest BCUT2D eigenvalue weighted by Gasteiger charge is 2.22. The first-order chi connectivity index (χ1) is 16.5. The lowest BCUT2D eigenvalue weighted by molar-refractivity contribution is -0.130. The molecular formula is C27H28N4O3. The number of hydrogen-bond acceptors (Lipinski definition) is 5. The van der Waals surface area contributed by atoms with Gasteiger partial charge in [-0.2, -0.15) is 10.4 Å². The summed E-state index contributed by atoms with van der Waals surface area (Å²) in [5.74, 6) is 0.527. The molecule has 1 fully saturated rings. The molecule has 1 aliphatic rings. The summed E-state index contributed by atoms with van der Waals surface area (Å²) in [6.45, 7) is 7.89. The van der Waals surface area contributed by atoms with Crippen LogP contribution >= 0.6 is 0 Å². The van der Waals surface area contributed by atoms with Crippen LogP contribution in [0.1, 0.15) is 25.0 Å². The first-order valence-electron chi connectivity index (χ1n) is 11.4. The van der Waals surface area contributed by atoms with Crippen molar-refractivity contribution in [3.8, 4) is 28.8 Å². The van der Waals surface area contributed by atoms with E-state index in [9.17, 15) is 10.1 Å². The maximum atomic E-state index is 13.0. The fourth-order valence-electron chi connectivity index (χ4n) is 3.85. The van der Waals surface area contributed by atoms with Crippen molar-refractivity contribution in [3.05, 3.63) is 71.4 Å². The molecule has 0 spiro atoms. The molecular weight excluding hydrogens is 428 g/mol. The van der Waals surface area contributed by atoms with Crippen LogP contribution in [-0.4, -0.2) is 53.0 Å². The van der Waals surface area contributed by atoms with Crippen LogP contribution in [0.25, 0.3) is 23.0 Å². The minimum Gasteiger partial charge on any atom is -0.491 e. The maximum Gasteiger partial charge on any atom is 0.264 e. The third-order valence-corrected chi connectivity index (χ3v) is 5.52. The molecule has 0 N–H and O–H groups in total. The average molecular weight is 457 g/mol. The predicted octanol–water partition coefficient (Wildman–Crippen LogP) is 4.40. The largest absolute Gasteiger partial charge is 0.491 e. The van der Waals surface area contributed by atoms with Gasteiger partial charge in [-0.05, 0) is 62.7 Å². The van der Waals surface area contributed by atoms with Gasteiger partial charge in [0.15, 0.2) is 0 Å². The Bertz CT molecular complexity index is 1230. The predicted molar refractivity (Wildman–Crippen MR) is 130 cm³/mol. The second kappa shape index (κ2) is 10.4. The van der Waals surface area contributed by atoms with Crippen molar-refractivity contribution in [1.82, 2.24) is 14.7 Å². The Morgan fingerprint density at radius 2 is 1.91 bits per heavy atom. The normalized spacial score (nSPS) is 14.2. The quantitative estimate of drug-likeness (QED) is 0.406. The molecule has 0 aliphatic carbocycles. The van der Waals surface area contributed by atoms with Crippen molar-refractivity contribution >= 4 is 12.0 Å². The van der Waals surface area contributed by atoms with Crippen LogP contribution in [0.3, 0.4) is 0 Å². The van der Waals surface area contributed by atoms with Crippen LogP contribution in [0.5, 0.6) is 5.75 Å². The zero-order valence-corrected chi connectivity index (χ0v) is 19.7. The molecule has 0 radical (unpaired) electrons. The van der Waals surface area contributed by atoms with E-state index in [1.165, 1.54) is 0 Å². The minimum atomic E-state index is -0.291. The van der Waals surface area contributed by atoms with Gasteiger partial charge >= 0.3 is 0 Å². The van der Waals surface area contributed by atoms with Crippen molar-refractivity contribution < 1.29 is 14.3 Å². The van der Waals surface area contributed by atoms with E-state index in [1.54, 1.807) is 15.7 Å². The van der Waals surface area contributed by atoms with E-state index in [4.69, 9.17) is 14.6 Å². The molecule has 1 amide bonds. The van der Waals surface area contributed by atoms with Gasteiger partial charge in [0, 0.05) is 30.4 Å². The molecule has 0 saturated carbocycles. The van der Waals surface area contributed by atoms with Gasteiger partial charge in [-0.15, -0.1) is 0 Å². The van der Waals surface area contributed by atoms with Gasteiger partial charge in [0.05, 0.1) is 25.0 Å². The molecule has 4 rings (SSSR count). The van der Waals surface area contributed by atoms with E-state index >= 15 is 0 Å². The second-order valence-electron chi connectivity index (χ2n) is 8.43. The molecule has 1 aliphatic heterocycles. The van der Waals surface area contributed by atoms with Crippen LogP contribution in [0.15, 0.2) is 60.3 Å². The average Bonchev–Trinajstić information content (AvgIpc) is 3.28. The van der Waals surface area contributed by atoms with Crippen LogP contribution in [-0.2, 0) is 9.53 Å². The number of aromatic nitrogens is 2. The molecule has 7 heteroatoms. The molecule has 174 valence electrons. The van der Waals surface area contributed by atoms with Gasteiger partial charge in [0.2, 0.25) is 0 Å². The van der Waals surface area contributed by atoms with Crippen molar-refractivity contribution in [3.63, 3.8) is 0 Å². The zero-order chi connectivity index (χ0) is 24.1. The highest BCUT2D eigenvalue weighted by atomic mass is 16.5. The summed E-state index contributed by atoms with van der Waals surface area (Å²) in [5.41, 5.74) is 4.21. The molecule has 3 aromatic rings. The first kappa shape index (κ1) is 23.3. The Labute approximate surface area is 199 Å². The van der Waals surface area contributed by atoms with Crippen molar-refractivity contribution in [1.29, 1.82) is 5.26 Å². The number of carbonyl (C=O) groups is 1. The standard InChI is InChI=1S/C27H28N4O3/c1-19(2)34-25-10-9-21(15-20(25)3)26-23(18-31(29-26)24-7-5-4-6-8-24)16-22(17-28)27(32)30-11-13-33-14-12-30/h4-10,15-16,18-19H,11-14H2,1-3H3. The summed E-state index contributed by atoms with van der Waals surface area (Å²) >= 11 is 0. The molecule has 1 saturated heterocycles. The Morgan fingerprint density at radius 3 is 2.56 bits per heavy atom. The molecule has 0 atom stereocenters. The number of morpholine rings is 1. The number of amides is 1. The summed E-state index contributed by atoms with van der Waals surface area (Å²) in [6.07, 6.45) is 3.56. The minimum absolute atomic E-state index is 0.0738. The fourth-order valence-corrected chi connectivity index (χ4v) is 3.85. The summed E-state index contributed by atoms with van der Waals surface area (Å²) in [7, 11) is 0. The van der Waals surface area contributed by atoms with E-state index in [0.29, 0.717) is 37.6 Å². The number of carbonyl (C=O) groups excluding carboxylic acids is 1. The fraction of sp³-hybridized carbons (Fsp3) is 0.296. The Balaban J connectivity index is 1.77. The second-order valence-corrected chi connectivity index (χ2v) is 8.43. The molecule has 2 aromatic carbocycles. The zero-order valence-electron chi connectivity index (χ0n) is 19.7. The summed E-state index contributed by atoms with van der Waals surface area (Å²) in [5, 5.41) is 14.6. The van der Waals surface area contributed by atoms with E-state index in [1.807, 2.05) is 75.5 Å². The molecule has 2 heterocycles. The van der Waals surface area contributed by atoms with Gasteiger partial charge in [0.1, 0.15) is 23.1 Å². The van der Waals surface area contributed by atoms with Crippen LogP contribution < -0.4 is 4.74 Å². The highest BCUT2D eigenvalue weighted by Crippen LogP contribution is 2.30. The topological polar surface area (TPSA) is 80.4 Å². The van der Waals surface area contributed by atoms with Gasteiger partial charge in [-0.25, -0.2) is 4.68 Å². The van der Waals surface area contributed by atoms with Crippen LogP contribution in [0.4, 0.5) is 0 Å². The third kappa shape index (κ3) is 5.19. The molecule has 34 heavy (non-hydrogen) atoms. The highest BCUT2D eigenvalue weighted by molar-refractivity contribution is 6.02. The number of para-hydroxylation sites is 1. The Morgan fingerprint density at radius 1 is 1.18 bits per heavy atom. The third-order valence-electron chi connectivity index (χ3n) is 5.52. The monoisotopic (exact) mass is 456 g/mol. The molecule has 7 nitrogen and oxygen atoms in total. The smallest absolute Gasteiger partial charge is 0.264 e. The van der Waals surface area contributed by atoms with E-state index in [-0.39, 0.29) is 17.6 Å². The SMILES string of the molecule is Cc1cc(-c2nn(-c3ccccc3)cc2C=C(C#N)C(=O)N2CCOCC2)ccc1OC(C)C. The summed E-state index contributed by atoms with van der Waals surface area (Å²) in [4.78, 5) is 14.7. The van der Waals surface area contributed by atoms with E-state index in [2.05, 4.69) is 6.07 Å². The number of ether oxygens (including phenoxy) is 2. The Kier molecular flexibility index (Phi) is 7.09. The van der Waals surface area contributed by atoms with E-state index < -0.39 is 0 Å². The summed E-state index contributed by atoms with van der Waals surface area (Å²) < 4.78 is 13.0. The number of rotatable bonds is 6. The van der Waals surface area contributed by atoms with Crippen molar-refractivity contribution in [2.24, 2.45) is 0 Å². The lowest BCUT2D eigenvalue weighted by Gasteiger charge is -2.26. The first-order valence-corrected chi connectivity index (χ1v) is 11.4. The lowest BCUT2D eigenvalue weighted by atomic mass is 10.0. The van der Waals surface area contributed by atoms with Gasteiger partial charge in [0.25, 0.3) is 5.91 Å². The number of aryl methyl sites for hydroxylation is 1. The maximum absolute atomic E-state index is 13.0. The van der Waals surface area contributed by atoms with Crippen molar-refractivity contribution in [2.45, 2.75) is 26.9 Å². The molecule has 1 aromatic heterocycles. The molecule has 0 bridgehead atoms. The summed E-state index contributed by atoms with van der Waals surface area (Å²) in [6, 6.07) is 17.7. The number of benzene rings is 2. The van der Waals surface area contributed by atoms with Crippen LogP contribution in [0.2, 0.25) is 0 Å².